The molecule has 1 N–H and O–H groups in total. The smallest absolute Gasteiger partial charge is 0.209 e. The van der Waals surface area contributed by atoms with Crippen LogP contribution in [0.2, 0.25) is 0 Å². The lowest BCUT2D eigenvalue weighted by atomic mass is 10.1. The number of benzene rings is 1. The summed E-state index contributed by atoms with van der Waals surface area (Å²) in [5.74, 6) is 1.52. The summed E-state index contributed by atoms with van der Waals surface area (Å²) >= 11 is 3.46. The van der Waals surface area contributed by atoms with Gasteiger partial charge in [0.1, 0.15) is 11.6 Å². The fraction of sp³-hybridized carbons (Fsp3) is 0.250. The highest BCUT2D eigenvalue weighted by atomic mass is 79.9. The molecule has 0 aliphatic carbocycles. The standard InChI is InChI=1S/C16H16BrN3O/c1-9-6-7-14(21-5)10(2)15(9)20-16-12(17)8-13(18-4)11(3)19-16/h6-8H,1-3,5H3,(H,19,20). The van der Waals surface area contributed by atoms with Crippen molar-refractivity contribution in [1.29, 1.82) is 0 Å². The van der Waals surface area contributed by atoms with Gasteiger partial charge < -0.3 is 10.1 Å². The van der Waals surface area contributed by atoms with Gasteiger partial charge in [-0.25, -0.2) is 9.83 Å². The maximum absolute atomic E-state index is 7.12. The minimum absolute atomic E-state index is 0.548. The molecular weight excluding hydrogens is 330 g/mol. The number of pyridine rings is 1. The fourth-order valence-electron chi connectivity index (χ4n) is 2.13. The Morgan fingerprint density at radius 2 is 2.00 bits per heavy atom. The van der Waals surface area contributed by atoms with Gasteiger partial charge in [0.05, 0.1) is 13.7 Å². The molecule has 2 rings (SSSR count). The van der Waals surface area contributed by atoms with E-state index >= 15 is 0 Å². The van der Waals surface area contributed by atoms with Gasteiger partial charge in [-0.05, 0) is 54.4 Å². The zero-order valence-corrected chi connectivity index (χ0v) is 14.0. The third kappa shape index (κ3) is 3.01. The Hall–Kier alpha value is -2.06. The molecule has 0 bridgehead atoms. The van der Waals surface area contributed by atoms with Crippen LogP contribution in [0.4, 0.5) is 17.2 Å². The first-order valence-corrected chi connectivity index (χ1v) is 7.23. The highest BCUT2D eigenvalue weighted by Gasteiger charge is 2.12. The Morgan fingerprint density at radius 1 is 1.29 bits per heavy atom. The second kappa shape index (κ2) is 6.15. The molecule has 4 nitrogen and oxygen atoms in total. The van der Waals surface area contributed by atoms with Gasteiger partial charge in [-0.15, -0.1) is 0 Å². The third-order valence-corrected chi connectivity index (χ3v) is 3.95. The minimum Gasteiger partial charge on any atom is -0.496 e. The predicted octanol–water partition coefficient (Wildman–Crippen LogP) is 5.07. The van der Waals surface area contributed by atoms with Crippen LogP contribution in [-0.4, -0.2) is 12.1 Å². The number of anilines is 2. The van der Waals surface area contributed by atoms with Crippen molar-refractivity contribution in [2.24, 2.45) is 0 Å². The number of rotatable bonds is 3. The number of hydrogen-bond acceptors (Lipinski definition) is 3. The van der Waals surface area contributed by atoms with Crippen LogP contribution in [0.25, 0.3) is 4.85 Å². The maximum atomic E-state index is 7.12. The van der Waals surface area contributed by atoms with Crippen LogP contribution in [0.15, 0.2) is 22.7 Å². The van der Waals surface area contributed by atoms with Crippen molar-refractivity contribution < 1.29 is 4.74 Å². The maximum Gasteiger partial charge on any atom is 0.209 e. The number of nitrogens with zero attached hydrogens (tertiary/aromatic N) is 2. The second-order valence-electron chi connectivity index (χ2n) is 4.74. The summed E-state index contributed by atoms with van der Waals surface area (Å²) < 4.78 is 6.12. The molecule has 0 atom stereocenters. The average Bonchev–Trinajstić information content (AvgIpc) is 2.46. The number of halogens is 1. The second-order valence-corrected chi connectivity index (χ2v) is 5.60. The summed E-state index contributed by atoms with van der Waals surface area (Å²) in [6.45, 7) is 13.0. The molecule has 0 saturated carbocycles. The van der Waals surface area contributed by atoms with E-state index in [-0.39, 0.29) is 0 Å². The first-order valence-electron chi connectivity index (χ1n) is 6.43. The predicted molar refractivity (Wildman–Crippen MR) is 88.7 cm³/mol. The van der Waals surface area contributed by atoms with Gasteiger partial charge in [0.15, 0.2) is 0 Å². The average molecular weight is 346 g/mol. The summed E-state index contributed by atoms with van der Waals surface area (Å²) in [4.78, 5) is 7.92. The van der Waals surface area contributed by atoms with Gasteiger partial charge in [-0.3, -0.25) is 0 Å². The lowest BCUT2D eigenvalue weighted by Gasteiger charge is -2.16. The van der Waals surface area contributed by atoms with Gasteiger partial charge in [0, 0.05) is 21.4 Å². The number of methoxy groups -OCH3 is 1. The molecule has 2 aromatic rings. The van der Waals surface area contributed by atoms with Gasteiger partial charge >= 0.3 is 0 Å². The van der Waals surface area contributed by atoms with Crippen LogP contribution >= 0.6 is 15.9 Å². The van der Waals surface area contributed by atoms with Gasteiger partial charge in [-0.2, -0.15) is 0 Å². The summed E-state index contributed by atoms with van der Waals surface area (Å²) in [5, 5.41) is 3.33. The first kappa shape index (κ1) is 15.3. The van der Waals surface area contributed by atoms with E-state index < -0.39 is 0 Å². The largest absolute Gasteiger partial charge is 0.496 e. The van der Waals surface area contributed by atoms with Gasteiger partial charge in [-0.1, -0.05) is 6.07 Å². The normalized spacial score (nSPS) is 10.1. The summed E-state index contributed by atoms with van der Waals surface area (Å²) in [7, 11) is 1.66. The fourth-order valence-corrected chi connectivity index (χ4v) is 2.54. The van der Waals surface area contributed by atoms with E-state index in [1.807, 2.05) is 32.9 Å². The lowest BCUT2D eigenvalue weighted by molar-refractivity contribution is 0.412. The van der Waals surface area contributed by atoms with Crippen molar-refractivity contribution >= 4 is 33.1 Å². The van der Waals surface area contributed by atoms with E-state index in [1.165, 1.54) is 0 Å². The SMILES string of the molecule is [C-]#[N+]c1cc(Br)c(Nc2c(C)ccc(OC)c2C)nc1C. The summed E-state index contributed by atoms with van der Waals surface area (Å²) in [6.07, 6.45) is 0. The van der Waals surface area contributed by atoms with E-state index in [2.05, 4.69) is 31.1 Å². The van der Waals surface area contributed by atoms with Crippen molar-refractivity contribution in [3.63, 3.8) is 0 Å². The molecule has 108 valence electrons. The molecule has 0 spiro atoms. The van der Waals surface area contributed by atoms with Crippen LogP contribution in [0.3, 0.4) is 0 Å². The molecule has 0 unspecified atom stereocenters. The number of nitrogens with one attached hydrogen (secondary N) is 1. The van der Waals surface area contributed by atoms with Gasteiger partial charge in [0.2, 0.25) is 5.69 Å². The van der Waals surface area contributed by atoms with Crippen LogP contribution in [0, 0.1) is 27.3 Å². The van der Waals surface area contributed by atoms with Gasteiger partial charge in [0.25, 0.3) is 0 Å². The van der Waals surface area contributed by atoms with Crippen molar-refractivity contribution in [2.45, 2.75) is 20.8 Å². The Labute approximate surface area is 133 Å². The molecular formula is C16H16BrN3O. The molecule has 1 heterocycles. The van der Waals surface area contributed by atoms with Crippen molar-refractivity contribution in [3.05, 3.63) is 50.9 Å². The number of aromatic nitrogens is 1. The Kier molecular flexibility index (Phi) is 4.49. The van der Waals surface area contributed by atoms with Crippen molar-refractivity contribution in [2.75, 3.05) is 12.4 Å². The molecule has 1 aromatic carbocycles. The first-order chi connectivity index (χ1) is 9.97. The van der Waals surface area contributed by atoms with E-state index in [4.69, 9.17) is 11.3 Å². The topological polar surface area (TPSA) is 38.5 Å². The Bertz CT molecular complexity index is 735. The molecule has 0 radical (unpaired) electrons. The Balaban J connectivity index is 2.49. The molecule has 5 heteroatoms. The minimum atomic E-state index is 0.548. The monoisotopic (exact) mass is 345 g/mol. The van der Waals surface area contributed by atoms with E-state index in [0.717, 1.165) is 27.0 Å². The number of hydrogen-bond donors (Lipinski definition) is 1. The Morgan fingerprint density at radius 3 is 2.62 bits per heavy atom. The molecule has 0 fully saturated rings. The van der Waals surface area contributed by atoms with E-state index in [1.54, 1.807) is 13.2 Å². The van der Waals surface area contributed by atoms with E-state index in [9.17, 15) is 0 Å². The van der Waals surface area contributed by atoms with E-state index in [0.29, 0.717) is 17.2 Å². The van der Waals surface area contributed by atoms with Crippen LogP contribution < -0.4 is 10.1 Å². The molecule has 0 aliphatic heterocycles. The third-order valence-electron chi connectivity index (χ3n) is 3.35. The molecule has 21 heavy (non-hydrogen) atoms. The molecule has 0 amide bonds. The summed E-state index contributed by atoms with van der Waals surface area (Å²) in [6, 6.07) is 5.73. The highest BCUT2D eigenvalue weighted by molar-refractivity contribution is 9.10. The van der Waals surface area contributed by atoms with Crippen LogP contribution in [0.5, 0.6) is 5.75 Å². The summed E-state index contributed by atoms with van der Waals surface area (Å²) in [5.41, 5.74) is 4.35. The number of aryl methyl sites for hydroxylation is 2. The van der Waals surface area contributed by atoms with Crippen LogP contribution in [-0.2, 0) is 0 Å². The number of ether oxygens (including phenoxy) is 1. The lowest BCUT2D eigenvalue weighted by Crippen LogP contribution is -2.01. The zero-order chi connectivity index (χ0) is 15.6. The molecule has 0 aliphatic rings. The highest BCUT2D eigenvalue weighted by Crippen LogP contribution is 2.34. The van der Waals surface area contributed by atoms with Crippen LogP contribution in [0.1, 0.15) is 16.8 Å². The quantitative estimate of drug-likeness (QED) is 0.789. The van der Waals surface area contributed by atoms with Crippen molar-refractivity contribution in [1.82, 2.24) is 4.98 Å². The zero-order valence-electron chi connectivity index (χ0n) is 12.4. The molecule has 0 saturated heterocycles. The molecule has 1 aromatic heterocycles. The van der Waals surface area contributed by atoms with Crippen molar-refractivity contribution in [3.8, 4) is 5.75 Å².